The molecule has 46 heavy (non-hydrogen) atoms. The van der Waals surface area contributed by atoms with Gasteiger partial charge in [0.25, 0.3) is 5.91 Å². The van der Waals surface area contributed by atoms with E-state index in [4.69, 9.17) is 4.18 Å². The number of hydrogen-bond acceptors (Lipinski definition) is 7. The fourth-order valence-electron chi connectivity index (χ4n) is 9.69. The van der Waals surface area contributed by atoms with Crippen LogP contribution >= 0.6 is 0 Å². The number of amides is 4. The van der Waals surface area contributed by atoms with Crippen LogP contribution in [0.1, 0.15) is 69.4 Å². The first-order valence-electron chi connectivity index (χ1n) is 16.4. The fourth-order valence-corrected chi connectivity index (χ4v) is 10.8. The largest absolute Gasteiger partial charge is 0.379 e. The van der Waals surface area contributed by atoms with Crippen LogP contribution in [0.2, 0.25) is 0 Å². The summed E-state index contributed by atoms with van der Waals surface area (Å²) in [6.45, 7) is 1.13. The smallest absolute Gasteiger partial charge is 0.339 e. The normalized spacial score (nSPS) is 29.4. The monoisotopic (exact) mass is 642 g/mol. The van der Waals surface area contributed by atoms with Gasteiger partial charge >= 0.3 is 16.1 Å². The van der Waals surface area contributed by atoms with Crippen molar-refractivity contribution in [2.75, 3.05) is 13.1 Å². The lowest BCUT2D eigenvalue weighted by Crippen LogP contribution is -2.51. The summed E-state index contributed by atoms with van der Waals surface area (Å²) in [5.41, 5.74) is 0.751. The Morgan fingerprint density at radius 2 is 1.61 bits per heavy atom. The van der Waals surface area contributed by atoms with Crippen molar-refractivity contribution in [2.45, 2.75) is 74.8 Å². The fraction of sp³-hybridized carbons (Fsp3) is 0.486. The van der Waals surface area contributed by atoms with Gasteiger partial charge in [0, 0.05) is 48.7 Å². The molecule has 9 rings (SSSR count). The highest BCUT2D eigenvalue weighted by molar-refractivity contribution is 7.87. The van der Waals surface area contributed by atoms with Crippen molar-refractivity contribution in [1.82, 2.24) is 20.1 Å². The summed E-state index contributed by atoms with van der Waals surface area (Å²) in [5.74, 6) is 2.33. The van der Waals surface area contributed by atoms with Crippen LogP contribution in [0.4, 0.5) is 4.79 Å². The molecule has 11 heteroatoms. The van der Waals surface area contributed by atoms with Crippen molar-refractivity contribution in [3.05, 3.63) is 66.5 Å². The van der Waals surface area contributed by atoms with E-state index in [2.05, 4.69) is 10.3 Å². The number of rotatable bonds is 7. The molecule has 6 fully saturated rings. The Kier molecular flexibility index (Phi) is 7.08. The van der Waals surface area contributed by atoms with Crippen molar-refractivity contribution < 1.29 is 27.0 Å². The van der Waals surface area contributed by atoms with Crippen LogP contribution in [0.3, 0.4) is 0 Å². The van der Waals surface area contributed by atoms with Crippen LogP contribution in [0.25, 0.3) is 10.8 Å². The standard InChI is InChI=1S/C35H38N4O6S/c40-31(20-35-17-22-14-23(18-35)16-24(15-22)19-35)38-12-9-27(10-13-38)39-32(33(41)37-34(39)42)25-4-6-28(7-5-25)45-46(43,44)30-3-1-2-26-21-36-11-8-29(26)30/h1-8,11,21-24,27,32H,9-10,12-20H2,(H,37,41,42). The molecule has 4 saturated carbocycles. The van der Waals surface area contributed by atoms with Crippen LogP contribution in [0, 0.1) is 23.2 Å². The summed E-state index contributed by atoms with van der Waals surface area (Å²) in [4.78, 5) is 47.2. The SMILES string of the molecule is O=C1NC(=O)N(C2CCN(C(=O)CC34CC5CC(CC(C5)C3)C4)CC2)C1c1ccc(OS(=O)(=O)c2cccc3cnccc23)cc1. The van der Waals surface area contributed by atoms with E-state index in [1.54, 1.807) is 41.4 Å². The lowest BCUT2D eigenvalue weighted by molar-refractivity contribution is -0.141. The molecular weight excluding hydrogens is 604 g/mol. The third kappa shape index (κ3) is 5.22. The Bertz CT molecular complexity index is 1780. The summed E-state index contributed by atoms with van der Waals surface area (Å²) >= 11 is 0. The lowest BCUT2D eigenvalue weighted by atomic mass is 9.49. The summed E-state index contributed by atoms with van der Waals surface area (Å²) in [5, 5.41) is 3.64. The second-order valence-corrected chi connectivity index (χ2v) is 15.8. The number of benzene rings is 2. The van der Waals surface area contributed by atoms with E-state index in [0.29, 0.717) is 48.7 Å². The van der Waals surface area contributed by atoms with E-state index in [1.165, 1.54) is 62.9 Å². The quantitative estimate of drug-likeness (QED) is 0.278. The van der Waals surface area contributed by atoms with Crippen LogP contribution in [0.5, 0.6) is 5.75 Å². The zero-order valence-corrected chi connectivity index (χ0v) is 26.5. The molecule has 4 amide bonds. The second-order valence-electron chi connectivity index (χ2n) is 14.3. The van der Waals surface area contributed by atoms with Gasteiger partial charge < -0.3 is 14.0 Å². The van der Waals surface area contributed by atoms with Crippen molar-refractivity contribution >= 4 is 38.7 Å². The molecule has 1 atom stereocenters. The molecule has 1 unspecified atom stereocenters. The third-order valence-corrected chi connectivity index (χ3v) is 12.5. The summed E-state index contributed by atoms with van der Waals surface area (Å²) in [6.07, 6.45) is 12.6. The van der Waals surface area contributed by atoms with Gasteiger partial charge in [0.1, 0.15) is 16.7 Å². The zero-order valence-electron chi connectivity index (χ0n) is 25.6. The number of pyridine rings is 1. The molecule has 240 valence electrons. The van der Waals surface area contributed by atoms with Crippen molar-refractivity contribution in [3.8, 4) is 5.75 Å². The van der Waals surface area contributed by atoms with Crippen LogP contribution in [0.15, 0.2) is 65.8 Å². The number of imide groups is 1. The molecule has 0 spiro atoms. The Morgan fingerprint density at radius 1 is 0.935 bits per heavy atom. The average Bonchev–Trinajstić information content (AvgIpc) is 3.33. The maximum absolute atomic E-state index is 13.5. The summed E-state index contributed by atoms with van der Waals surface area (Å²) in [7, 11) is -4.15. The molecular formula is C35H38N4O6S. The van der Waals surface area contributed by atoms with E-state index in [1.807, 2.05) is 4.90 Å². The van der Waals surface area contributed by atoms with Gasteiger partial charge in [-0.1, -0.05) is 24.3 Å². The van der Waals surface area contributed by atoms with Gasteiger partial charge in [-0.3, -0.25) is 19.9 Å². The number of hydrogen-bond donors (Lipinski definition) is 1. The minimum absolute atomic E-state index is 0.0335. The molecule has 4 bridgehead atoms. The van der Waals surface area contributed by atoms with Crippen molar-refractivity contribution in [3.63, 3.8) is 0 Å². The average molecular weight is 643 g/mol. The minimum Gasteiger partial charge on any atom is -0.379 e. The van der Waals surface area contributed by atoms with Gasteiger partial charge in [-0.15, -0.1) is 0 Å². The molecule has 1 aromatic heterocycles. The Hall–Kier alpha value is -3.99. The highest BCUT2D eigenvalue weighted by atomic mass is 32.2. The Morgan fingerprint density at radius 3 is 2.28 bits per heavy atom. The van der Waals surface area contributed by atoms with Crippen LogP contribution in [-0.4, -0.2) is 60.2 Å². The maximum Gasteiger partial charge on any atom is 0.339 e. The minimum atomic E-state index is -4.15. The van der Waals surface area contributed by atoms with Gasteiger partial charge in [0.05, 0.1) is 0 Å². The first kappa shape index (κ1) is 29.4. The predicted octanol–water partition coefficient (Wildman–Crippen LogP) is 5.19. The second kappa shape index (κ2) is 11.1. The molecule has 10 nitrogen and oxygen atoms in total. The van der Waals surface area contributed by atoms with E-state index in [9.17, 15) is 22.8 Å². The number of carbonyl (C=O) groups excluding carboxylic acids is 3. The molecule has 1 N–H and O–H groups in total. The van der Waals surface area contributed by atoms with Crippen molar-refractivity contribution in [1.29, 1.82) is 0 Å². The highest BCUT2D eigenvalue weighted by Crippen LogP contribution is 2.61. The number of piperidine rings is 1. The summed E-state index contributed by atoms with van der Waals surface area (Å²) in [6, 6.07) is 11.3. The van der Waals surface area contributed by atoms with E-state index < -0.39 is 28.1 Å². The molecule has 3 aromatic rings. The van der Waals surface area contributed by atoms with Gasteiger partial charge in [-0.05, 0) is 104 Å². The topological polar surface area (TPSA) is 126 Å². The number of aromatic nitrogens is 1. The number of fused-ring (bicyclic) bond motifs is 1. The molecule has 0 radical (unpaired) electrons. The molecule has 2 aliphatic heterocycles. The molecule has 4 aliphatic carbocycles. The maximum atomic E-state index is 13.5. The number of carbonyl (C=O) groups is 3. The first-order chi connectivity index (χ1) is 22.2. The molecule has 6 aliphatic rings. The number of urea groups is 1. The summed E-state index contributed by atoms with van der Waals surface area (Å²) < 4.78 is 31.8. The van der Waals surface area contributed by atoms with Crippen LogP contribution in [-0.2, 0) is 19.7 Å². The molecule has 3 heterocycles. The van der Waals surface area contributed by atoms with E-state index in [0.717, 1.165) is 17.8 Å². The highest BCUT2D eigenvalue weighted by Gasteiger charge is 2.52. The number of nitrogens with zero attached hydrogens (tertiary/aromatic N) is 3. The number of likely N-dealkylation sites (tertiary alicyclic amines) is 1. The van der Waals surface area contributed by atoms with Gasteiger partial charge in [-0.25, -0.2) is 4.79 Å². The van der Waals surface area contributed by atoms with Gasteiger partial charge in [0.15, 0.2) is 0 Å². The Labute approximate surface area is 268 Å². The lowest BCUT2D eigenvalue weighted by Gasteiger charge is -2.57. The number of nitrogens with one attached hydrogen (secondary N) is 1. The van der Waals surface area contributed by atoms with Gasteiger partial charge in [0.2, 0.25) is 5.91 Å². The first-order valence-corrected chi connectivity index (χ1v) is 17.9. The van der Waals surface area contributed by atoms with E-state index >= 15 is 0 Å². The molecule has 2 aromatic carbocycles. The van der Waals surface area contributed by atoms with E-state index in [-0.39, 0.29) is 28.0 Å². The zero-order chi connectivity index (χ0) is 31.6. The molecule has 2 saturated heterocycles. The third-order valence-electron chi connectivity index (χ3n) is 11.2. The van der Waals surface area contributed by atoms with Gasteiger partial charge in [-0.2, -0.15) is 8.42 Å². The predicted molar refractivity (Wildman–Crippen MR) is 169 cm³/mol. The Balaban J connectivity index is 0.931. The van der Waals surface area contributed by atoms with Crippen LogP contribution < -0.4 is 9.50 Å². The van der Waals surface area contributed by atoms with Crippen molar-refractivity contribution in [2.24, 2.45) is 23.2 Å².